The van der Waals surface area contributed by atoms with Gasteiger partial charge in [0.15, 0.2) is 0 Å². The van der Waals surface area contributed by atoms with Gasteiger partial charge in [-0.15, -0.1) is 0 Å². The van der Waals surface area contributed by atoms with Crippen LogP contribution in [-0.4, -0.2) is 21.1 Å². The summed E-state index contributed by atoms with van der Waals surface area (Å²) in [7, 11) is -4.29. The molecule has 8 rings (SSSR count). The first-order chi connectivity index (χ1) is 32.5. The lowest BCUT2D eigenvalue weighted by atomic mass is 9.91. The molecule has 0 aliphatic heterocycles. The predicted octanol–water partition coefficient (Wildman–Crippen LogP) is 16.2. The maximum Gasteiger partial charge on any atom is 0.401 e. The summed E-state index contributed by atoms with van der Waals surface area (Å²) in [6.07, 6.45) is 11.8. The second kappa shape index (κ2) is 21.3. The highest BCUT2D eigenvalue weighted by atomic mass is 31.2. The summed E-state index contributed by atoms with van der Waals surface area (Å²) in [4.78, 5) is 22.3. The van der Waals surface area contributed by atoms with Gasteiger partial charge >= 0.3 is 13.6 Å². The highest BCUT2D eigenvalue weighted by molar-refractivity contribution is 7.56. The quantitative estimate of drug-likeness (QED) is 0.0416. The van der Waals surface area contributed by atoms with Crippen molar-refractivity contribution in [1.29, 1.82) is 0 Å². The SMILES string of the molecule is CCCCCCCCc1cc2cc(OP(=O)(O)C=Cc3ccc(Oc4c(-c5ccccc5)c(C)cc5cc(O)ccc45)cc3)ccc2c(Oc2ccc(C=CC(=O)O)cc2)c1-c1ccccc1. The lowest BCUT2D eigenvalue weighted by molar-refractivity contribution is -0.131. The van der Waals surface area contributed by atoms with Crippen LogP contribution >= 0.6 is 7.60 Å². The molecule has 67 heavy (non-hydrogen) atoms. The third-order valence-electron chi connectivity index (χ3n) is 11.7. The molecule has 9 heteroatoms. The van der Waals surface area contributed by atoms with Crippen molar-refractivity contribution in [2.24, 2.45) is 0 Å². The number of rotatable bonds is 19. The third kappa shape index (κ3) is 11.7. The number of hydrogen-bond acceptors (Lipinski definition) is 6. The third-order valence-corrected chi connectivity index (χ3v) is 12.7. The Labute approximate surface area is 391 Å². The minimum Gasteiger partial charge on any atom is -0.508 e. The number of aryl methyl sites for hydroxylation is 2. The van der Waals surface area contributed by atoms with E-state index in [4.69, 9.17) is 19.1 Å². The van der Waals surface area contributed by atoms with Gasteiger partial charge in [-0.2, -0.15) is 0 Å². The largest absolute Gasteiger partial charge is 0.508 e. The molecule has 0 spiro atoms. The van der Waals surface area contributed by atoms with Gasteiger partial charge in [0.2, 0.25) is 0 Å². The van der Waals surface area contributed by atoms with Gasteiger partial charge < -0.3 is 29.1 Å². The number of aromatic hydroxyl groups is 1. The van der Waals surface area contributed by atoms with Gasteiger partial charge in [0, 0.05) is 33.8 Å². The van der Waals surface area contributed by atoms with Crippen LogP contribution in [0.1, 0.15) is 67.7 Å². The van der Waals surface area contributed by atoms with E-state index >= 15 is 0 Å². The molecule has 0 aliphatic carbocycles. The first-order valence-electron chi connectivity index (χ1n) is 22.7. The fraction of sp³-hybridized carbons (Fsp3) is 0.155. The van der Waals surface area contributed by atoms with Crippen molar-refractivity contribution >= 4 is 47.3 Å². The van der Waals surface area contributed by atoms with Crippen molar-refractivity contribution in [3.8, 4) is 56.8 Å². The van der Waals surface area contributed by atoms with Gasteiger partial charge in [0.25, 0.3) is 0 Å². The number of benzene rings is 8. The minimum absolute atomic E-state index is 0.173. The molecule has 8 aromatic carbocycles. The zero-order valence-electron chi connectivity index (χ0n) is 37.6. The molecule has 0 heterocycles. The Morgan fingerprint density at radius 2 is 1.13 bits per heavy atom. The van der Waals surface area contributed by atoms with Crippen molar-refractivity contribution < 1.29 is 38.5 Å². The molecule has 0 radical (unpaired) electrons. The smallest absolute Gasteiger partial charge is 0.401 e. The van der Waals surface area contributed by atoms with Crippen LogP contribution in [0.4, 0.5) is 0 Å². The summed E-state index contributed by atoms with van der Waals surface area (Å²) in [5.41, 5.74) is 7.42. The zero-order chi connectivity index (χ0) is 46.8. The summed E-state index contributed by atoms with van der Waals surface area (Å²) in [5, 5.41) is 22.6. The molecule has 1 atom stereocenters. The van der Waals surface area contributed by atoms with Crippen molar-refractivity contribution in [3.05, 3.63) is 192 Å². The van der Waals surface area contributed by atoms with Gasteiger partial charge in [-0.1, -0.05) is 136 Å². The molecule has 0 saturated heterocycles. The van der Waals surface area contributed by atoms with E-state index in [1.54, 1.807) is 30.3 Å². The standard InChI is InChI=1S/C58H53O8P/c1-3-4-5-6-7-10-19-45-37-47-39-51(30-32-53(47)58(56(45)44-17-13-9-14-18-44)65-50-26-20-41(21-27-50)24-33-54(60)61)66-67(62,63)35-34-42-22-28-49(29-23-42)64-57-52-31-25-48(59)38-46(52)36-40(2)55(57)43-15-11-8-12-16-43/h8-9,11-18,20-39,59H,3-7,10,19H2,1-2H3,(H,60,61)(H,62,63). The van der Waals surface area contributed by atoms with E-state index in [0.717, 1.165) is 92.2 Å². The molecule has 0 saturated carbocycles. The van der Waals surface area contributed by atoms with E-state index in [1.165, 1.54) is 31.2 Å². The first-order valence-corrected chi connectivity index (χ1v) is 24.3. The average molecular weight is 909 g/mol. The van der Waals surface area contributed by atoms with E-state index in [9.17, 15) is 19.4 Å². The molecule has 338 valence electrons. The fourth-order valence-electron chi connectivity index (χ4n) is 8.41. The second-order valence-electron chi connectivity index (χ2n) is 16.7. The molecule has 8 aromatic rings. The number of aliphatic carboxylic acids is 1. The number of carboxylic acids is 1. The summed E-state index contributed by atoms with van der Waals surface area (Å²) in [5.74, 6) is 3.04. The van der Waals surface area contributed by atoms with Crippen molar-refractivity contribution in [3.63, 3.8) is 0 Å². The molecule has 0 aliphatic rings. The van der Waals surface area contributed by atoms with Crippen molar-refractivity contribution in [2.45, 2.75) is 58.8 Å². The number of fused-ring (bicyclic) bond motifs is 2. The lowest BCUT2D eigenvalue weighted by Crippen LogP contribution is -1.98. The van der Waals surface area contributed by atoms with Crippen LogP contribution in [0.25, 0.3) is 56.0 Å². The van der Waals surface area contributed by atoms with Crippen LogP contribution in [0.15, 0.2) is 170 Å². The van der Waals surface area contributed by atoms with E-state index in [1.807, 2.05) is 122 Å². The minimum atomic E-state index is -4.29. The van der Waals surface area contributed by atoms with Crippen LogP contribution in [0.5, 0.6) is 34.5 Å². The maximum atomic E-state index is 13.7. The molecule has 0 fully saturated rings. The molecule has 3 N–H and O–H groups in total. The Morgan fingerprint density at radius 1 is 0.597 bits per heavy atom. The van der Waals surface area contributed by atoms with Gasteiger partial charge in [-0.3, -0.25) is 0 Å². The van der Waals surface area contributed by atoms with Crippen LogP contribution in [0.3, 0.4) is 0 Å². The van der Waals surface area contributed by atoms with Crippen molar-refractivity contribution in [2.75, 3.05) is 0 Å². The highest BCUT2D eigenvalue weighted by Gasteiger charge is 2.22. The molecule has 8 nitrogen and oxygen atoms in total. The van der Waals surface area contributed by atoms with Crippen LogP contribution in [0, 0.1) is 6.92 Å². The first kappa shape index (κ1) is 46.2. The Hall–Kier alpha value is -7.38. The van der Waals surface area contributed by atoms with E-state index in [2.05, 4.69) is 25.1 Å². The average Bonchev–Trinajstić information content (AvgIpc) is 3.32. The Kier molecular flexibility index (Phi) is 14.7. The van der Waals surface area contributed by atoms with Crippen molar-refractivity contribution in [1.82, 2.24) is 0 Å². The van der Waals surface area contributed by atoms with Gasteiger partial charge in [0.05, 0.1) is 0 Å². The number of carbonyl (C=O) groups is 1. The van der Waals surface area contributed by atoms with Crippen LogP contribution < -0.4 is 14.0 Å². The van der Waals surface area contributed by atoms with Gasteiger partial charge in [-0.25, -0.2) is 9.36 Å². The second-order valence-corrected chi connectivity index (χ2v) is 18.3. The topological polar surface area (TPSA) is 123 Å². The number of phenols is 1. The van der Waals surface area contributed by atoms with Crippen LogP contribution in [0.2, 0.25) is 0 Å². The number of phenolic OH excluding ortho intramolecular Hbond substituents is 1. The summed E-state index contributed by atoms with van der Waals surface area (Å²) in [6, 6.07) is 49.4. The zero-order valence-corrected chi connectivity index (χ0v) is 38.5. The molecule has 0 amide bonds. The lowest BCUT2D eigenvalue weighted by Gasteiger charge is -2.20. The monoisotopic (exact) mass is 908 g/mol. The van der Waals surface area contributed by atoms with Gasteiger partial charge in [0.1, 0.15) is 34.5 Å². The Balaban J connectivity index is 1.07. The maximum absolute atomic E-state index is 13.7. The predicted molar refractivity (Wildman–Crippen MR) is 271 cm³/mol. The molecule has 1 unspecified atom stereocenters. The van der Waals surface area contributed by atoms with Gasteiger partial charge in [-0.05, 0) is 137 Å². The number of hydrogen-bond donors (Lipinski definition) is 3. The normalized spacial score (nSPS) is 12.5. The number of carboxylic acid groups (broad SMARTS) is 1. The number of unbranched alkanes of at least 4 members (excludes halogenated alkanes) is 5. The fourth-order valence-corrected chi connectivity index (χ4v) is 9.25. The van der Waals surface area contributed by atoms with E-state index in [0.29, 0.717) is 28.6 Å². The molecule has 0 aromatic heterocycles. The Bertz CT molecular complexity index is 3110. The van der Waals surface area contributed by atoms with E-state index in [-0.39, 0.29) is 11.5 Å². The van der Waals surface area contributed by atoms with Crippen LogP contribution in [-0.2, 0) is 15.8 Å². The molecular formula is C58H53O8P. The Morgan fingerprint density at radius 3 is 1.76 bits per heavy atom. The van der Waals surface area contributed by atoms with E-state index < -0.39 is 13.6 Å². The highest BCUT2D eigenvalue weighted by Crippen LogP contribution is 2.48. The number of ether oxygens (including phenoxy) is 2. The molecular weight excluding hydrogens is 856 g/mol. The molecule has 0 bridgehead atoms. The summed E-state index contributed by atoms with van der Waals surface area (Å²) >= 11 is 0. The summed E-state index contributed by atoms with van der Waals surface area (Å²) < 4.78 is 32.9. The summed E-state index contributed by atoms with van der Waals surface area (Å²) in [6.45, 7) is 4.24.